The summed E-state index contributed by atoms with van der Waals surface area (Å²) < 4.78 is 6.42. The molecule has 22 heavy (non-hydrogen) atoms. The van der Waals surface area contributed by atoms with Crippen molar-refractivity contribution in [2.75, 3.05) is 0 Å². The Morgan fingerprint density at radius 3 is 2.55 bits per heavy atom. The number of amides is 3. The molecule has 5 nitrogen and oxygen atoms in total. The Balaban J connectivity index is 1.82. The van der Waals surface area contributed by atoms with Gasteiger partial charge in [-0.15, -0.1) is 0 Å². The summed E-state index contributed by atoms with van der Waals surface area (Å²) in [6.07, 6.45) is 1.47. The van der Waals surface area contributed by atoms with Crippen LogP contribution in [0.15, 0.2) is 54.9 Å². The second kappa shape index (κ2) is 6.20. The van der Waals surface area contributed by atoms with Crippen LogP contribution in [0.4, 0.5) is 4.79 Å². The van der Waals surface area contributed by atoms with Gasteiger partial charge in [0.15, 0.2) is 5.09 Å². The minimum absolute atomic E-state index is 0.147. The molecule has 3 amide bonds. The van der Waals surface area contributed by atoms with Crippen LogP contribution in [0.25, 0.3) is 6.08 Å². The van der Waals surface area contributed by atoms with Gasteiger partial charge in [-0.1, -0.05) is 23.4 Å². The fourth-order valence-electron chi connectivity index (χ4n) is 1.74. The molecule has 0 bridgehead atoms. The van der Waals surface area contributed by atoms with Crippen molar-refractivity contribution in [1.82, 2.24) is 10.6 Å². The summed E-state index contributed by atoms with van der Waals surface area (Å²) in [6.45, 7) is 0. The van der Waals surface area contributed by atoms with E-state index < -0.39 is 11.9 Å². The number of benzene rings is 1. The van der Waals surface area contributed by atoms with E-state index in [4.69, 9.17) is 16.0 Å². The summed E-state index contributed by atoms with van der Waals surface area (Å²) in [7, 11) is 0. The molecule has 3 rings (SSSR count). The van der Waals surface area contributed by atoms with Gasteiger partial charge in [0, 0.05) is 16.0 Å². The van der Waals surface area contributed by atoms with Crippen molar-refractivity contribution in [2.45, 2.75) is 9.99 Å². The minimum Gasteiger partial charge on any atom is -0.449 e. The Bertz CT molecular complexity index is 786. The maximum absolute atomic E-state index is 11.5. The van der Waals surface area contributed by atoms with E-state index in [1.54, 1.807) is 18.2 Å². The van der Waals surface area contributed by atoms with Crippen LogP contribution < -0.4 is 10.6 Å². The smallest absolute Gasteiger partial charge is 0.326 e. The van der Waals surface area contributed by atoms with Crippen LogP contribution in [-0.2, 0) is 4.79 Å². The molecular weight excluding hydrogens is 392 g/mol. The Kier molecular flexibility index (Phi) is 4.28. The van der Waals surface area contributed by atoms with E-state index in [9.17, 15) is 9.59 Å². The molecule has 8 heteroatoms. The molecule has 0 spiro atoms. The first kappa shape index (κ1) is 15.2. The molecule has 1 fully saturated rings. The molecule has 0 atom stereocenters. The van der Waals surface area contributed by atoms with Gasteiger partial charge in [0.05, 0.1) is 4.47 Å². The summed E-state index contributed by atoms with van der Waals surface area (Å²) in [4.78, 5) is 23.5. The second-order valence-electron chi connectivity index (χ2n) is 4.31. The van der Waals surface area contributed by atoms with E-state index in [1.165, 1.54) is 17.8 Å². The topological polar surface area (TPSA) is 71.3 Å². The Labute approximate surface area is 143 Å². The first-order valence-corrected chi connectivity index (χ1v) is 8.07. The van der Waals surface area contributed by atoms with Gasteiger partial charge in [-0.2, -0.15) is 0 Å². The number of carbonyl (C=O) groups excluding carboxylic acids is 2. The third kappa shape index (κ3) is 3.37. The SMILES string of the molecule is O=C1NC(=O)/C(=C/c2cc(Br)c(Sc3ccc(Cl)cc3)o2)N1. The Morgan fingerprint density at radius 1 is 1.18 bits per heavy atom. The molecule has 1 aromatic carbocycles. The van der Waals surface area contributed by atoms with Crippen LogP contribution in [0.2, 0.25) is 5.02 Å². The van der Waals surface area contributed by atoms with Crippen molar-refractivity contribution in [1.29, 1.82) is 0 Å². The predicted octanol–water partition coefficient (Wildman–Crippen LogP) is 4.03. The molecule has 2 N–H and O–H groups in total. The summed E-state index contributed by atoms with van der Waals surface area (Å²) in [6, 6.07) is 8.53. The minimum atomic E-state index is -0.544. The Hall–Kier alpha value is -1.70. The van der Waals surface area contributed by atoms with Gasteiger partial charge in [0.25, 0.3) is 5.91 Å². The van der Waals surface area contributed by atoms with Gasteiger partial charge in [-0.3, -0.25) is 10.1 Å². The van der Waals surface area contributed by atoms with Gasteiger partial charge in [0.2, 0.25) is 0 Å². The van der Waals surface area contributed by atoms with E-state index in [1.807, 2.05) is 12.1 Å². The van der Waals surface area contributed by atoms with Gasteiger partial charge < -0.3 is 9.73 Å². The molecule has 2 aromatic rings. The lowest BCUT2D eigenvalue weighted by atomic mass is 10.3. The van der Waals surface area contributed by atoms with Crippen molar-refractivity contribution in [3.8, 4) is 0 Å². The van der Waals surface area contributed by atoms with E-state index in [2.05, 4.69) is 26.6 Å². The molecule has 0 aliphatic carbocycles. The lowest BCUT2D eigenvalue weighted by Crippen LogP contribution is -2.22. The highest BCUT2D eigenvalue weighted by molar-refractivity contribution is 9.10. The van der Waals surface area contributed by atoms with Crippen LogP contribution in [0.3, 0.4) is 0 Å². The third-order valence-electron chi connectivity index (χ3n) is 2.71. The van der Waals surface area contributed by atoms with Crippen LogP contribution in [0, 0.1) is 0 Å². The first-order valence-electron chi connectivity index (χ1n) is 6.08. The number of nitrogens with one attached hydrogen (secondary N) is 2. The number of urea groups is 1. The molecule has 0 unspecified atom stereocenters. The molecular formula is C14H8BrClN2O3S. The summed E-state index contributed by atoms with van der Waals surface area (Å²) >= 11 is 10.7. The normalized spacial score (nSPS) is 16.0. The van der Waals surface area contributed by atoms with Gasteiger partial charge in [-0.05, 0) is 46.3 Å². The highest BCUT2D eigenvalue weighted by Gasteiger charge is 2.23. The van der Waals surface area contributed by atoms with Crippen LogP contribution >= 0.6 is 39.3 Å². The number of furan rings is 1. The first-order chi connectivity index (χ1) is 10.5. The molecule has 0 saturated carbocycles. The van der Waals surface area contributed by atoms with Crippen LogP contribution in [-0.4, -0.2) is 11.9 Å². The molecule has 112 valence electrons. The number of hydrogen-bond donors (Lipinski definition) is 2. The van der Waals surface area contributed by atoms with Crippen molar-refractivity contribution >= 4 is 57.3 Å². The lowest BCUT2D eigenvalue weighted by Gasteiger charge is -1.98. The van der Waals surface area contributed by atoms with Gasteiger partial charge in [-0.25, -0.2) is 4.79 Å². The van der Waals surface area contributed by atoms with E-state index >= 15 is 0 Å². The molecule has 1 aliphatic heterocycles. The Morgan fingerprint density at radius 2 is 1.91 bits per heavy atom. The largest absolute Gasteiger partial charge is 0.449 e. The van der Waals surface area contributed by atoms with E-state index in [-0.39, 0.29) is 5.70 Å². The second-order valence-corrected chi connectivity index (χ2v) is 6.64. The van der Waals surface area contributed by atoms with Crippen molar-refractivity contribution < 1.29 is 14.0 Å². The highest BCUT2D eigenvalue weighted by atomic mass is 79.9. The van der Waals surface area contributed by atoms with E-state index in [0.717, 1.165) is 9.37 Å². The van der Waals surface area contributed by atoms with Crippen LogP contribution in [0.5, 0.6) is 0 Å². The maximum atomic E-state index is 11.5. The van der Waals surface area contributed by atoms with Gasteiger partial charge in [0.1, 0.15) is 11.5 Å². The zero-order valence-electron chi connectivity index (χ0n) is 10.9. The highest BCUT2D eigenvalue weighted by Crippen LogP contribution is 2.36. The quantitative estimate of drug-likeness (QED) is 0.604. The average molecular weight is 400 g/mol. The molecule has 1 saturated heterocycles. The molecule has 0 radical (unpaired) electrons. The van der Waals surface area contributed by atoms with Gasteiger partial charge >= 0.3 is 6.03 Å². The third-order valence-corrected chi connectivity index (χ3v) is 4.81. The monoisotopic (exact) mass is 398 g/mol. The van der Waals surface area contributed by atoms with Crippen molar-refractivity contribution in [3.63, 3.8) is 0 Å². The zero-order chi connectivity index (χ0) is 15.7. The number of imide groups is 1. The fraction of sp³-hybridized carbons (Fsp3) is 0. The predicted molar refractivity (Wildman–Crippen MR) is 86.6 cm³/mol. The van der Waals surface area contributed by atoms with Crippen molar-refractivity contribution in [3.05, 3.63) is 51.3 Å². The molecule has 2 heterocycles. The number of hydrogen-bond acceptors (Lipinski definition) is 4. The van der Waals surface area contributed by atoms with E-state index in [0.29, 0.717) is 15.9 Å². The summed E-state index contributed by atoms with van der Waals surface area (Å²) in [5.74, 6) is -0.0277. The fourth-order valence-corrected chi connectivity index (χ4v) is 3.20. The zero-order valence-corrected chi connectivity index (χ0v) is 14.0. The molecule has 1 aliphatic rings. The summed E-state index contributed by atoms with van der Waals surface area (Å²) in [5, 5.41) is 5.83. The van der Waals surface area contributed by atoms with Crippen molar-refractivity contribution in [2.24, 2.45) is 0 Å². The number of rotatable bonds is 3. The maximum Gasteiger partial charge on any atom is 0.326 e. The number of halogens is 2. The standard InChI is InChI=1S/C14H8BrClN2O3S/c15-10-5-8(6-11-12(19)18-14(20)17-11)21-13(10)22-9-3-1-7(16)2-4-9/h1-6H,(H2,17,18,19,20)/b11-6-. The average Bonchev–Trinajstić information content (AvgIpc) is 2.96. The lowest BCUT2D eigenvalue weighted by molar-refractivity contribution is -0.115. The molecule has 1 aromatic heterocycles. The van der Waals surface area contributed by atoms with Crippen LogP contribution in [0.1, 0.15) is 5.76 Å². The summed E-state index contributed by atoms with van der Waals surface area (Å²) in [5.41, 5.74) is 0.147. The number of carbonyl (C=O) groups is 2.